The van der Waals surface area contributed by atoms with Crippen molar-refractivity contribution in [3.8, 4) is 0 Å². The van der Waals surface area contributed by atoms with Crippen molar-refractivity contribution in [2.24, 2.45) is 0 Å². The minimum Gasteiger partial charge on any atom is -0.469 e. The molecule has 0 aliphatic carbocycles. The van der Waals surface area contributed by atoms with Crippen LogP contribution >= 0.6 is 23.2 Å². The zero-order valence-electron chi connectivity index (χ0n) is 7.83. The van der Waals surface area contributed by atoms with Gasteiger partial charge in [0.25, 0.3) is 0 Å². The van der Waals surface area contributed by atoms with Gasteiger partial charge < -0.3 is 4.74 Å². The highest BCUT2D eigenvalue weighted by atomic mass is 35.5. The van der Waals surface area contributed by atoms with Crippen LogP contribution in [-0.4, -0.2) is 13.1 Å². The molecule has 0 heterocycles. The normalized spacial score (nSPS) is 9.47. The third-order valence-corrected chi connectivity index (χ3v) is 2.61. The summed E-state index contributed by atoms with van der Waals surface area (Å²) in [5.74, 6) is -0.446. The highest BCUT2D eigenvalue weighted by Crippen LogP contribution is 2.35. The first-order valence-electron chi connectivity index (χ1n) is 3.99. The third-order valence-electron chi connectivity index (χ3n) is 1.82. The van der Waals surface area contributed by atoms with Gasteiger partial charge >= 0.3 is 11.7 Å². The molecule has 0 aliphatic rings. The van der Waals surface area contributed by atoms with Gasteiger partial charge in [-0.15, -0.1) is 0 Å². The van der Waals surface area contributed by atoms with Gasteiger partial charge in [-0.2, -0.15) is 0 Å². The van der Waals surface area contributed by atoms with E-state index in [-0.39, 0.29) is 22.2 Å². The lowest BCUT2D eigenvalue weighted by molar-refractivity contribution is -0.139. The van der Waals surface area contributed by atoms with Crippen LogP contribution in [0.25, 0.3) is 4.98 Å². The Morgan fingerprint density at radius 1 is 1.53 bits per heavy atom. The maximum absolute atomic E-state index is 11.0. The van der Waals surface area contributed by atoms with Crippen molar-refractivity contribution in [3.63, 3.8) is 0 Å². The number of nitrogens with zero attached hydrogens (tertiary/aromatic N) is 2. The van der Waals surface area contributed by atoms with Crippen LogP contribution in [0.1, 0.15) is 5.56 Å². The summed E-state index contributed by atoms with van der Waals surface area (Å²) in [6.45, 7) is 0. The molecule has 0 amide bonds. The Labute approximate surface area is 96.4 Å². The minimum absolute atomic E-state index is 0.0210. The Balaban J connectivity index is 3.15. The molecule has 1 aromatic carbocycles. The average molecular weight is 246 g/mol. The lowest BCUT2D eigenvalue weighted by Crippen LogP contribution is -2.04. The van der Waals surface area contributed by atoms with Crippen molar-refractivity contribution in [3.05, 3.63) is 32.7 Å². The van der Waals surface area contributed by atoms with Crippen molar-refractivity contribution < 1.29 is 9.53 Å². The first kappa shape index (κ1) is 11.8. The molecule has 6 heteroatoms. The van der Waals surface area contributed by atoms with Crippen molar-refractivity contribution in [1.82, 2.24) is 0 Å². The zero-order valence-corrected chi connectivity index (χ0v) is 9.34. The summed E-state index contributed by atoms with van der Waals surface area (Å²) in [5, 5.41) is 9.11. The van der Waals surface area contributed by atoms with Crippen LogP contribution in [-0.2, 0) is 16.0 Å². The topological polar surface area (TPSA) is 54.5 Å². The van der Waals surface area contributed by atoms with Crippen molar-refractivity contribution in [2.75, 3.05) is 7.11 Å². The van der Waals surface area contributed by atoms with Crippen LogP contribution in [0, 0.1) is 5.39 Å². The Hall–Kier alpha value is -1.31. The number of methoxy groups -OCH3 is 1. The number of esters is 1. The van der Waals surface area contributed by atoms with E-state index in [0.29, 0.717) is 5.56 Å². The minimum atomic E-state index is -0.446. The molecular formula is C9H7Cl2N2O2+. The molecule has 78 valence electrons. The Morgan fingerprint density at radius 2 is 2.20 bits per heavy atom. The van der Waals surface area contributed by atoms with Crippen LogP contribution in [0.2, 0.25) is 10.0 Å². The molecule has 1 rings (SSSR count). The lowest BCUT2D eigenvalue weighted by atomic mass is 10.1. The molecule has 0 unspecified atom stereocenters. The van der Waals surface area contributed by atoms with E-state index in [1.54, 1.807) is 6.07 Å². The number of rotatable bonds is 2. The van der Waals surface area contributed by atoms with Crippen molar-refractivity contribution >= 4 is 34.9 Å². The van der Waals surface area contributed by atoms with Gasteiger partial charge in [0.2, 0.25) is 5.39 Å². The number of diazo groups is 1. The fraction of sp³-hybridized carbons (Fsp3) is 0.222. The van der Waals surface area contributed by atoms with Crippen LogP contribution in [0.5, 0.6) is 0 Å². The van der Waals surface area contributed by atoms with Gasteiger partial charge in [-0.05, 0) is 12.1 Å². The quantitative estimate of drug-likeness (QED) is 0.594. The summed E-state index contributed by atoms with van der Waals surface area (Å²) >= 11 is 11.5. The zero-order chi connectivity index (χ0) is 11.4. The summed E-state index contributed by atoms with van der Waals surface area (Å²) in [6, 6.07) is 3.08. The van der Waals surface area contributed by atoms with Gasteiger partial charge in [0, 0.05) is 0 Å². The fourth-order valence-electron chi connectivity index (χ4n) is 1.06. The summed E-state index contributed by atoms with van der Waals surface area (Å²) < 4.78 is 4.49. The molecule has 0 saturated carbocycles. The first-order chi connectivity index (χ1) is 7.10. The van der Waals surface area contributed by atoms with Gasteiger partial charge in [0.05, 0.1) is 24.1 Å². The maximum atomic E-state index is 11.0. The predicted molar refractivity (Wildman–Crippen MR) is 56.9 cm³/mol. The monoisotopic (exact) mass is 245 g/mol. The number of ether oxygens (including phenoxy) is 1. The van der Waals surface area contributed by atoms with E-state index in [9.17, 15) is 4.79 Å². The van der Waals surface area contributed by atoms with Crippen LogP contribution in [0.4, 0.5) is 5.69 Å². The molecule has 0 atom stereocenters. The molecule has 0 N–H and O–H groups in total. The van der Waals surface area contributed by atoms with Gasteiger partial charge in [-0.25, -0.2) is 0 Å². The van der Waals surface area contributed by atoms with E-state index in [0.717, 1.165) is 0 Å². The highest BCUT2D eigenvalue weighted by Gasteiger charge is 2.23. The second-order valence-electron chi connectivity index (χ2n) is 2.72. The number of carbonyl (C=O) groups excluding carboxylic acids is 1. The molecule has 0 fully saturated rings. The molecule has 0 bridgehead atoms. The predicted octanol–water partition coefficient (Wildman–Crippen LogP) is 3.19. The summed E-state index contributed by atoms with van der Waals surface area (Å²) in [7, 11) is 1.27. The molecule has 4 nitrogen and oxygen atoms in total. The molecular weight excluding hydrogens is 239 g/mol. The highest BCUT2D eigenvalue weighted by molar-refractivity contribution is 6.43. The van der Waals surface area contributed by atoms with Crippen LogP contribution in [0.15, 0.2) is 12.1 Å². The molecule has 1 aromatic rings. The van der Waals surface area contributed by atoms with E-state index >= 15 is 0 Å². The van der Waals surface area contributed by atoms with Crippen LogP contribution in [0.3, 0.4) is 0 Å². The number of halogens is 2. The van der Waals surface area contributed by atoms with Gasteiger partial charge in [-0.1, -0.05) is 23.2 Å². The standard InChI is InChI=1S/C9H7Cl2N2O2/c1-15-7(14)4-5-2-3-6(10)8(11)9(5)13-12/h2-3H,4H2,1H3/q+1. The Bertz CT molecular complexity index is 440. The molecule has 0 radical (unpaired) electrons. The smallest absolute Gasteiger partial charge is 0.408 e. The fourth-order valence-corrected chi connectivity index (χ4v) is 1.43. The second kappa shape index (κ2) is 4.96. The van der Waals surface area contributed by atoms with Gasteiger partial charge in [-0.3, -0.25) is 4.79 Å². The third kappa shape index (κ3) is 2.58. The van der Waals surface area contributed by atoms with E-state index < -0.39 is 5.97 Å². The molecule has 0 saturated heterocycles. The van der Waals surface area contributed by atoms with E-state index in [1.165, 1.54) is 13.2 Å². The van der Waals surface area contributed by atoms with Crippen molar-refractivity contribution in [1.29, 1.82) is 5.39 Å². The van der Waals surface area contributed by atoms with Crippen molar-refractivity contribution in [2.45, 2.75) is 6.42 Å². The van der Waals surface area contributed by atoms with Crippen LogP contribution < -0.4 is 0 Å². The number of carbonyl (C=O) groups is 1. The van der Waals surface area contributed by atoms with Gasteiger partial charge in [0.1, 0.15) is 0 Å². The Kier molecular flexibility index (Phi) is 3.89. The number of benzene rings is 1. The molecule has 0 aromatic heterocycles. The van der Waals surface area contributed by atoms with E-state index in [1.807, 2.05) is 0 Å². The number of hydrogen-bond acceptors (Lipinski definition) is 3. The maximum Gasteiger partial charge on any atom is 0.408 e. The molecule has 0 aliphatic heterocycles. The molecule has 15 heavy (non-hydrogen) atoms. The SMILES string of the molecule is COC(=O)Cc1ccc(Cl)c(Cl)c1[N+]#N. The largest absolute Gasteiger partial charge is 0.469 e. The first-order valence-corrected chi connectivity index (χ1v) is 4.74. The summed E-state index contributed by atoms with van der Waals surface area (Å²) in [4.78, 5) is 14.0. The van der Waals surface area contributed by atoms with Gasteiger partial charge in [0.15, 0.2) is 10.00 Å². The molecule has 0 spiro atoms. The van der Waals surface area contributed by atoms with E-state index in [2.05, 4.69) is 9.71 Å². The summed E-state index contributed by atoms with van der Waals surface area (Å²) in [5.41, 5.74) is 0.549. The summed E-state index contributed by atoms with van der Waals surface area (Å²) in [6.07, 6.45) is -0.0210. The number of hydrogen-bond donors (Lipinski definition) is 0. The average Bonchev–Trinajstić information content (AvgIpc) is 2.24. The van der Waals surface area contributed by atoms with E-state index in [4.69, 9.17) is 28.6 Å². The second-order valence-corrected chi connectivity index (χ2v) is 3.51. The Morgan fingerprint density at radius 3 is 2.73 bits per heavy atom. The lowest BCUT2D eigenvalue weighted by Gasteiger charge is -1.99.